The predicted octanol–water partition coefficient (Wildman–Crippen LogP) is 2.63. The van der Waals surface area contributed by atoms with Crippen molar-refractivity contribution in [3.63, 3.8) is 0 Å². The lowest BCUT2D eigenvalue weighted by atomic mass is 10.0. The molecule has 0 radical (unpaired) electrons. The van der Waals surface area contributed by atoms with Gasteiger partial charge in [-0.25, -0.2) is 0 Å². The molecule has 0 saturated carbocycles. The van der Waals surface area contributed by atoms with Crippen molar-refractivity contribution in [1.29, 1.82) is 0 Å². The number of thiol groups is 1. The maximum atomic E-state index is 11.7. The molecule has 0 aromatic rings. The van der Waals surface area contributed by atoms with Gasteiger partial charge in [-0.3, -0.25) is 4.79 Å². The van der Waals surface area contributed by atoms with Crippen LogP contribution < -0.4 is 16.2 Å². The van der Waals surface area contributed by atoms with E-state index in [0.29, 0.717) is 18.6 Å². The molecule has 0 aliphatic rings. The Hall–Kier alpha value is -0.750. The molecule has 0 heterocycles. The number of quaternary nitrogens is 1. The van der Waals surface area contributed by atoms with Gasteiger partial charge in [-0.15, -0.1) is 0 Å². The predicted molar refractivity (Wildman–Crippen MR) is 112 cm³/mol. The summed E-state index contributed by atoms with van der Waals surface area (Å²) in [6.45, 7) is 1.08. The van der Waals surface area contributed by atoms with E-state index in [1.807, 2.05) is 0 Å². The van der Waals surface area contributed by atoms with Gasteiger partial charge >= 0.3 is 0 Å². The summed E-state index contributed by atoms with van der Waals surface area (Å²) in [6, 6.07) is -0.913. The summed E-state index contributed by atoms with van der Waals surface area (Å²) in [7, 11) is 0. The van der Waals surface area contributed by atoms with Crippen LogP contribution in [0.25, 0.3) is 0 Å². The van der Waals surface area contributed by atoms with Gasteiger partial charge in [0, 0.05) is 6.42 Å². The van der Waals surface area contributed by atoms with Gasteiger partial charge < -0.3 is 21.0 Å². The van der Waals surface area contributed by atoms with Crippen LogP contribution >= 0.6 is 12.6 Å². The number of unbranched alkanes of at least 4 members (excludes halogenated alkanes) is 13. The number of aliphatic carboxylic acids is 1. The smallest absolute Gasteiger partial charge is 0.220 e. The van der Waals surface area contributed by atoms with Crippen molar-refractivity contribution in [3.05, 3.63) is 0 Å². The van der Waals surface area contributed by atoms with Gasteiger partial charge in [-0.1, -0.05) is 70.6 Å². The number of carboxylic acids is 1. The van der Waals surface area contributed by atoms with Gasteiger partial charge in [0.25, 0.3) is 0 Å². The zero-order valence-corrected chi connectivity index (χ0v) is 18.1. The lowest BCUT2D eigenvalue weighted by molar-refractivity contribution is -0.368. The van der Waals surface area contributed by atoms with Crippen LogP contribution in [-0.2, 0) is 9.59 Å². The van der Waals surface area contributed by atoms with E-state index in [1.165, 1.54) is 70.6 Å². The van der Waals surface area contributed by atoms with Crippen molar-refractivity contribution in [1.82, 2.24) is 5.32 Å². The van der Waals surface area contributed by atoms with E-state index in [-0.39, 0.29) is 5.91 Å². The molecule has 160 valence electrons. The van der Waals surface area contributed by atoms with E-state index < -0.39 is 12.0 Å². The number of amides is 1. The maximum absolute atomic E-state index is 11.7. The minimum Gasteiger partial charge on any atom is -0.548 e. The second-order valence-corrected chi connectivity index (χ2v) is 7.95. The first-order valence-electron chi connectivity index (χ1n) is 11.0. The summed E-state index contributed by atoms with van der Waals surface area (Å²) < 4.78 is 0. The molecule has 1 amide bonds. The van der Waals surface area contributed by atoms with Crippen LogP contribution in [0.15, 0.2) is 0 Å². The van der Waals surface area contributed by atoms with Gasteiger partial charge in [0.1, 0.15) is 0 Å². The highest BCUT2D eigenvalue weighted by atomic mass is 32.1. The lowest BCUT2D eigenvalue weighted by Gasteiger charge is -2.18. The monoisotopic (exact) mass is 402 g/mol. The van der Waals surface area contributed by atoms with E-state index >= 15 is 0 Å². The van der Waals surface area contributed by atoms with Crippen molar-refractivity contribution in [2.75, 3.05) is 12.3 Å². The van der Waals surface area contributed by atoms with Crippen molar-refractivity contribution < 1.29 is 20.4 Å². The summed E-state index contributed by atoms with van der Waals surface area (Å²) in [5, 5.41) is 13.4. The highest BCUT2D eigenvalue weighted by Crippen LogP contribution is 2.13. The van der Waals surface area contributed by atoms with E-state index in [9.17, 15) is 14.7 Å². The molecule has 0 rings (SSSR count). The number of rotatable bonds is 20. The Morgan fingerprint density at radius 1 is 0.778 bits per heavy atom. The number of hydrogen-bond donors (Lipinski definition) is 3. The topological polar surface area (TPSA) is 96.9 Å². The highest BCUT2D eigenvalue weighted by molar-refractivity contribution is 7.80. The third kappa shape index (κ3) is 18.4. The van der Waals surface area contributed by atoms with Crippen LogP contribution in [0.4, 0.5) is 0 Å². The fourth-order valence-electron chi connectivity index (χ4n) is 3.23. The molecule has 6 heteroatoms. The standard InChI is InChI=1S/C21H42N2O3S/c22-17-14-12-10-8-6-4-2-1-3-5-7-9-11-13-15-20(24)23-19(16-18-27)21(25)26/h19,27H,1-18,22H2,(H,23,24)(H,25,26). The minimum atomic E-state index is -1.23. The molecule has 0 spiro atoms. The van der Waals surface area contributed by atoms with Crippen LogP contribution in [-0.4, -0.2) is 30.2 Å². The molecule has 5 nitrogen and oxygen atoms in total. The second kappa shape index (κ2) is 20.0. The zero-order valence-electron chi connectivity index (χ0n) is 17.2. The zero-order chi connectivity index (χ0) is 20.2. The fraction of sp³-hybridized carbons (Fsp3) is 0.905. The molecule has 0 fully saturated rings. The Balaban J connectivity index is 3.33. The first-order chi connectivity index (χ1) is 13.1. The summed E-state index contributed by atoms with van der Waals surface area (Å²) in [6.07, 6.45) is 18.4. The average Bonchev–Trinajstić information content (AvgIpc) is 2.64. The first-order valence-corrected chi connectivity index (χ1v) is 11.7. The Bertz CT molecular complexity index is 367. The van der Waals surface area contributed by atoms with Crippen LogP contribution in [0.3, 0.4) is 0 Å². The van der Waals surface area contributed by atoms with Crippen LogP contribution in [0, 0.1) is 0 Å². The van der Waals surface area contributed by atoms with Gasteiger partial charge in [0.05, 0.1) is 18.6 Å². The van der Waals surface area contributed by atoms with Crippen molar-refractivity contribution in [2.24, 2.45) is 0 Å². The molecular formula is C21H42N2O3S. The summed E-state index contributed by atoms with van der Waals surface area (Å²) in [4.78, 5) is 22.6. The molecule has 27 heavy (non-hydrogen) atoms. The first kappa shape index (κ1) is 26.2. The van der Waals surface area contributed by atoms with Crippen LogP contribution in [0.2, 0.25) is 0 Å². The molecule has 0 aromatic carbocycles. The van der Waals surface area contributed by atoms with Gasteiger partial charge in [0.2, 0.25) is 5.91 Å². The van der Waals surface area contributed by atoms with Gasteiger partial charge in [0.15, 0.2) is 0 Å². The second-order valence-electron chi connectivity index (χ2n) is 7.50. The number of carbonyl (C=O) groups excluding carboxylic acids is 2. The molecule has 0 aliphatic heterocycles. The largest absolute Gasteiger partial charge is 0.548 e. The number of hydrogen-bond acceptors (Lipinski definition) is 4. The normalized spacial score (nSPS) is 12.1. The number of carboxylic acid groups (broad SMARTS) is 1. The summed E-state index contributed by atoms with van der Waals surface area (Å²) in [5.74, 6) is -1.01. The Morgan fingerprint density at radius 3 is 1.56 bits per heavy atom. The summed E-state index contributed by atoms with van der Waals surface area (Å²) in [5.41, 5.74) is 3.87. The van der Waals surface area contributed by atoms with E-state index in [2.05, 4.69) is 23.7 Å². The molecular weight excluding hydrogens is 360 g/mol. The quantitative estimate of drug-likeness (QED) is 0.216. The number of carbonyl (C=O) groups is 2. The highest BCUT2D eigenvalue weighted by Gasteiger charge is 2.12. The van der Waals surface area contributed by atoms with E-state index in [4.69, 9.17) is 0 Å². The molecule has 1 unspecified atom stereocenters. The van der Waals surface area contributed by atoms with Crippen molar-refractivity contribution >= 4 is 24.5 Å². The van der Waals surface area contributed by atoms with E-state index in [0.717, 1.165) is 25.8 Å². The van der Waals surface area contributed by atoms with Crippen molar-refractivity contribution in [3.8, 4) is 0 Å². The van der Waals surface area contributed by atoms with Crippen LogP contribution in [0.5, 0.6) is 0 Å². The van der Waals surface area contributed by atoms with E-state index in [1.54, 1.807) is 0 Å². The number of nitrogens with one attached hydrogen (secondary N) is 1. The molecule has 0 saturated heterocycles. The maximum Gasteiger partial charge on any atom is 0.220 e. The minimum absolute atomic E-state index is 0.197. The third-order valence-corrected chi connectivity index (χ3v) is 5.20. The van der Waals surface area contributed by atoms with Crippen LogP contribution in [0.1, 0.15) is 103 Å². The molecule has 1 atom stereocenters. The summed E-state index contributed by atoms with van der Waals surface area (Å²) >= 11 is 4.00. The SMILES string of the molecule is [NH3+]CCCCCCCCCCCCCCCCC(=O)NC(CCS)C(=O)[O-]. The van der Waals surface area contributed by atoms with Gasteiger partial charge in [-0.2, -0.15) is 12.6 Å². The van der Waals surface area contributed by atoms with Crippen molar-refractivity contribution in [2.45, 2.75) is 109 Å². The molecule has 0 aromatic heterocycles. The van der Waals surface area contributed by atoms with Gasteiger partial charge in [-0.05, 0) is 31.4 Å². The Kier molecular flexibility index (Phi) is 19.4. The fourth-order valence-corrected chi connectivity index (χ4v) is 3.49. The Morgan fingerprint density at radius 2 is 1.19 bits per heavy atom. The third-order valence-electron chi connectivity index (χ3n) is 4.94. The molecule has 4 N–H and O–H groups in total. The molecule has 0 aliphatic carbocycles. The average molecular weight is 403 g/mol. The lowest BCUT2D eigenvalue weighted by Crippen LogP contribution is -2.50. The molecule has 0 bridgehead atoms. The Labute approximate surface area is 171 Å².